The highest BCUT2D eigenvalue weighted by molar-refractivity contribution is 7.89. The Morgan fingerprint density at radius 2 is 1.65 bits per heavy atom. The fourth-order valence-electron chi connectivity index (χ4n) is 2.85. The van der Waals surface area contributed by atoms with Gasteiger partial charge in [-0.05, 0) is 44.9 Å². The normalized spacial score (nSPS) is 12.8. The molecule has 0 bridgehead atoms. The molecule has 1 amide bonds. The molecule has 1 N–H and O–H groups in total. The van der Waals surface area contributed by atoms with Crippen molar-refractivity contribution in [2.24, 2.45) is 0 Å². The number of hydrogen-bond donors (Lipinski definition) is 1. The lowest BCUT2D eigenvalue weighted by Crippen LogP contribution is -2.50. The zero-order valence-corrected chi connectivity index (χ0v) is 18.8. The number of likely N-dealkylation sites (N-methyl/N-ethyl adjacent to an activating group) is 1. The van der Waals surface area contributed by atoms with Crippen molar-refractivity contribution in [3.05, 3.63) is 66.0 Å². The van der Waals surface area contributed by atoms with Crippen LogP contribution in [-0.4, -0.2) is 50.4 Å². The van der Waals surface area contributed by atoms with Crippen molar-refractivity contribution >= 4 is 21.9 Å². The summed E-state index contributed by atoms with van der Waals surface area (Å²) in [6, 6.07) is 12.4. The Hall–Kier alpha value is -2.78. The van der Waals surface area contributed by atoms with E-state index in [0.29, 0.717) is 5.56 Å². The molecule has 0 radical (unpaired) electrons. The van der Waals surface area contributed by atoms with Crippen molar-refractivity contribution in [3.8, 4) is 0 Å². The predicted molar refractivity (Wildman–Crippen MR) is 114 cm³/mol. The maximum absolute atomic E-state index is 14.1. The maximum atomic E-state index is 14.1. The number of ether oxygens (including phenoxy) is 1. The Morgan fingerprint density at radius 1 is 1.06 bits per heavy atom. The highest BCUT2D eigenvalue weighted by atomic mass is 32.2. The summed E-state index contributed by atoms with van der Waals surface area (Å²) in [5.41, 5.74) is -0.0284. The zero-order valence-electron chi connectivity index (χ0n) is 18.0. The minimum absolute atomic E-state index is 0.0199. The number of sulfonamides is 1. The van der Waals surface area contributed by atoms with E-state index in [9.17, 15) is 22.4 Å². The van der Waals surface area contributed by atoms with Gasteiger partial charge in [0.05, 0.1) is 0 Å². The Balaban J connectivity index is 2.27. The van der Waals surface area contributed by atoms with Crippen molar-refractivity contribution in [1.82, 2.24) is 9.62 Å². The van der Waals surface area contributed by atoms with Gasteiger partial charge in [0.15, 0.2) is 0 Å². The monoisotopic (exact) mass is 450 g/mol. The fourth-order valence-corrected chi connectivity index (χ4v) is 4.12. The van der Waals surface area contributed by atoms with Crippen LogP contribution in [-0.2, 0) is 30.8 Å². The van der Waals surface area contributed by atoms with Gasteiger partial charge < -0.3 is 9.64 Å². The third-order valence-corrected chi connectivity index (χ3v) is 5.67. The standard InChI is InChI=1S/C22H27FN2O5S/c1-22(2,3)30-20(26)15-25(4)21(27)18(14-16-10-6-5-7-11-16)24-31(28,29)19-13-9-8-12-17(19)23/h5-13,18,24H,14-15H2,1-4H3/t18-/m0/s1. The number of carbonyl (C=O) groups is 2. The van der Waals surface area contributed by atoms with Gasteiger partial charge in [0, 0.05) is 7.05 Å². The molecule has 2 aromatic carbocycles. The van der Waals surface area contributed by atoms with Crippen LogP contribution >= 0.6 is 0 Å². The molecule has 0 heterocycles. The van der Waals surface area contributed by atoms with Gasteiger partial charge in [-0.1, -0.05) is 42.5 Å². The van der Waals surface area contributed by atoms with Crippen molar-refractivity contribution in [2.45, 2.75) is 43.7 Å². The average molecular weight is 451 g/mol. The first-order valence-corrected chi connectivity index (χ1v) is 11.1. The van der Waals surface area contributed by atoms with Gasteiger partial charge in [-0.3, -0.25) is 9.59 Å². The molecule has 0 aliphatic carbocycles. The third-order valence-electron chi connectivity index (χ3n) is 4.17. The highest BCUT2D eigenvalue weighted by Crippen LogP contribution is 2.16. The van der Waals surface area contributed by atoms with Gasteiger partial charge in [0.1, 0.15) is 28.9 Å². The summed E-state index contributed by atoms with van der Waals surface area (Å²) in [6.45, 7) is 4.75. The minimum Gasteiger partial charge on any atom is -0.459 e. The first-order valence-electron chi connectivity index (χ1n) is 9.66. The minimum atomic E-state index is -4.33. The van der Waals surface area contributed by atoms with E-state index in [-0.39, 0.29) is 13.0 Å². The Labute approximate surface area is 182 Å². The number of esters is 1. The summed E-state index contributed by atoms with van der Waals surface area (Å²) in [5.74, 6) is -2.20. The smallest absolute Gasteiger partial charge is 0.326 e. The Bertz CT molecular complexity index is 1020. The number of nitrogens with one attached hydrogen (secondary N) is 1. The number of halogens is 1. The third kappa shape index (κ3) is 7.45. The van der Waals surface area contributed by atoms with Gasteiger partial charge >= 0.3 is 5.97 Å². The summed E-state index contributed by atoms with van der Waals surface area (Å²) in [7, 11) is -2.96. The van der Waals surface area contributed by atoms with Crippen LogP contribution in [0.2, 0.25) is 0 Å². The van der Waals surface area contributed by atoms with Crippen LogP contribution in [0, 0.1) is 5.82 Å². The molecule has 1 atom stereocenters. The van der Waals surface area contributed by atoms with E-state index in [2.05, 4.69) is 4.72 Å². The summed E-state index contributed by atoms with van der Waals surface area (Å²) < 4.78 is 47.1. The number of benzene rings is 2. The molecule has 7 nitrogen and oxygen atoms in total. The van der Waals surface area contributed by atoms with E-state index in [4.69, 9.17) is 4.74 Å². The molecular formula is C22H27FN2O5S. The van der Waals surface area contributed by atoms with Crippen molar-refractivity contribution in [2.75, 3.05) is 13.6 Å². The zero-order chi connectivity index (χ0) is 23.2. The number of rotatable bonds is 8. The topological polar surface area (TPSA) is 92.8 Å². The molecule has 31 heavy (non-hydrogen) atoms. The summed E-state index contributed by atoms with van der Waals surface area (Å²) >= 11 is 0. The van der Waals surface area contributed by atoms with Crippen LogP contribution in [0.3, 0.4) is 0 Å². The van der Waals surface area contributed by atoms with E-state index in [1.807, 2.05) is 0 Å². The molecule has 0 aliphatic heterocycles. The van der Waals surface area contributed by atoms with Crippen LogP contribution in [0.4, 0.5) is 4.39 Å². The van der Waals surface area contributed by atoms with Crippen LogP contribution in [0.25, 0.3) is 0 Å². The van der Waals surface area contributed by atoms with Crippen LogP contribution in [0.15, 0.2) is 59.5 Å². The number of nitrogens with zero attached hydrogens (tertiary/aromatic N) is 1. The van der Waals surface area contributed by atoms with Crippen LogP contribution < -0.4 is 4.72 Å². The molecule has 9 heteroatoms. The second-order valence-electron chi connectivity index (χ2n) is 8.07. The van der Waals surface area contributed by atoms with Gasteiger partial charge in [-0.2, -0.15) is 4.72 Å². The molecule has 0 spiro atoms. The summed E-state index contributed by atoms with van der Waals surface area (Å²) in [6.07, 6.45) is 0.0199. The largest absolute Gasteiger partial charge is 0.459 e. The average Bonchev–Trinajstić information content (AvgIpc) is 2.66. The first kappa shape index (κ1) is 24.5. The lowest BCUT2D eigenvalue weighted by Gasteiger charge is -2.26. The van der Waals surface area contributed by atoms with E-state index >= 15 is 0 Å². The summed E-state index contributed by atoms with van der Waals surface area (Å²) in [4.78, 5) is 25.7. The van der Waals surface area contributed by atoms with Gasteiger partial charge in [-0.25, -0.2) is 12.8 Å². The molecule has 2 rings (SSSR count). The number of hydrogen-bond acceptors (Lipinski definition) is 5. The van der Waals surface area contributed by atoms with Gasteiger partial charge in [0.2, 0.25) is 15.9 Å². The first-order chi connectivity index (χ1) is 14.4. The van der Waals surface area contributed by atoms with Crippen LogP contribution in [0.5, 0.6) is 0 Å². The molecule has 0 fully saturated rings. The fraction of sp³-hybridized carbons (Fsp3) is 0.364. The molecule has 0 aromatic heterocycles. The SMILES string of the molecule is CN(CC(=O)OC(C)(C)C)C(=O)[C@H](Cc1ccccc1)NS(=O)(=O)c1ccccc1F. The van der Waals surface area contributed by atoms with E-state index in [1.165, 1.54) is 19.2 Å². The molecule has 2 aromatic rings. The molecule has 0 saturated heterocycles. The van der Waals surface area contributed by atoms with Crippen molar-refractivity contribution in [3.63, 3.8) is 0 Å². The summed E-state index contributed by atoms with van der Waals surface area (Å²) in [5, 5.41) is 0. The molecule has 0 aliphatic rings. The van der Waals surface area contributed by atoms with Crippen LogP contribution in [0.1, 0.15) is 26.3 Å². The highest BCUT2D eigenvalue weighted by Gasteiger charge is 2.31. The molecule has 0 unspecified atom stereocenters. The Morgan fingerprint density at radius 3 is 2.23 bits per heavy atom. The number of amides is 1. The second-order valence-corrected chi connectivity index (χ2v) is 9.76. The van der Waals surface area contributed by atoms with E-state index in [0.717, 1.165) is 17.0 Å². The van der Waals surface area contributed by atoms with E-state index in [1.54, 1.807) is 51.1 Å². The van der Waals surface area contributed by atoms with Crippen molar-refractivity contribution in [1.29, 1.82) is 0 Å². The van der Waals surface area contributed by atoms with Gasteiger partial charge in [-0.15, -0.1) is 0 Å². The maximum Gasteiger partial charge on any atom is 0.326 e. The van der Waals surface area contributed by atoms with E-state index < -0.39 is 44.3 Å². The lowest BCUT2D eigenvalue weighted by molar-refractivity contribution is -0.158. The second kappa shape index (κ2) is 10.0. The lowest BCUT2D eigenvalue weighted by atomic mass is 10.1. The van der Waals surface area contributed by atoms with Gasteiger partial charge in [0.25, 0.3) is 0 Å². The predicted octanol–water partition coefficient (Wildman–Crippen LogP) is 2.52. The molecule has 168 valence electrons. The number of carbonyl (C=O) groups excluding carboxylic acids is 2. The molecular weight excluding hydrogens is 423 g/mol. The van der Waals surface area contributed by atoms with Crippen molar-refractivity contribution < 1.29 is 27.1 Å². The Kier molecular flexibility index (Phi) is 7.91. The molecule has 0 saturated carbocycles. The quantitative estimate of drug-likeness (QED) is 0.624.